The number of alkyl halides is 2. The highest BCUT2D eigenvalue weighted by Gasteiger charge is 2.26. The van der Waals surface area contributed by atoms with E-state index >= 15 is 0 Å². The van der Waals surface area contributed by atoms with Crippen molar-refractivity contribution in [1.29, 1.82) is 0 Å². The number of anilines is 1. The van der Waals surface area contributed by atoms with Crippen LogP contribution in [-0.2, 0) is 0 Å². The van der Waals surface area contributed by atoms with Crippen LogP contribution < -0.4 is 10.1 Å². The molecule has 0 radical (unpaired) electrons. The van der Waals surface area contributed by atoms with Crippen molar-refractivity contribution in [2.24, 2.45) is 0 Å². The first-order chi connectivity index (χ1) is 6.98. The fourth-order valence-electron chi connectivity index (χ4n) is 1.55. The van der Waals surface area contributed by atoms with Gasteiger partial charge in [-0.2, -0.15) is 0 Å². The van der Waals surface area contributed by atoms with Crippen LogP contribution in [0.15, 0.2) is 18.2 Å². The highest BCUT2D eigenvalue weighted by Crippen LogP contribution is 2.35. The van der Waals surface area contributed by atoms with E-state index < -0.39 is 6.43 Å². The van der Waals surface area contributed by atoms with Gasteiger partial charge in [0.2, 0.25) is 0 Å². The molecule has 0 saturated heterocycles. The van der Waals surface area contributed by atoms with E-state index in [1.165, 1.54) is 12.1 Å². The third-order valence-electron chi connectivity index (χ3n) is 2.35. The molecule has 0 unspecified atom stereocenters. The molecule has 1 aromatic rings. The SMILES string of the molecule is CC1(C)CNc2ccc(C(F)F)cc2O1. The molecule has 0 atom stereocenters. The minimum absolute atomic E-state index is 0.00625. The van der Waals surface area contributed by atoms with Crippen molar-refractivity contribution in [2.45, 2.75) is 25.9 Å². The number of halogens is 2. The first kappa shape index (κ1) is 10.2. The third-order valence-corrected chi connectivity index (χ3v) is 2.35. The van der Waals surface area contributed by atoms with Crippen LogP contribution >= 0.6 is 0 Å². The zero-order valence-corrected chi connectivity index (χ0v) is 8.68. The quantitative estimate of drug-likeness (QED) is 0.773. The van der Waals surface area contributed by atoms with Crippen LogP contribution in [0.1, 0.15) is 25.8 Å². The van der Waals surface area contributed by atoms with Crippen LogP contribution in [0.25, 0.3) is 0 Å². The lowest BCUT2D eigenvalue weighted by Gasteiger charge is -2.33. The number of nitrogens with one attached hydrogen (secondary N) is 1. The summed E-state index contributed by atoms with van der Waals surface area (Å²) in [5, 5.41) is 3.15. The van der Waals surface area contributed by atoms with E-state index in [1.807, 2.05) is 13.8 Å². The summed E-state index contributed by atoms with van der Waals surface area (Å²) in [7, 11) is 0. The molecule has 1 N–H and O–H groups in total. The molecule has 2 nitrogen and oxygen atoms in total. The molecule has 4 heteroatoms. The Morgan fingerprint density at radius 3 is 2.80 bits per heavy atom. The molecule has 0 aliphatic carbocycles. The van der Waals surface area contributed by atoms with Gasteiger partial charge in [-0.3, -0.25) is 0 Å². The minimum atomic E-state index is -2.45. The molecule has 2 rings (SSSR count). The summed E-state index contributed by atoms with van der Waals surface area (Å²) in [4.78, 5) is 0. The second kappa shape index (κ2) is 3.36. The van der Waals surface area contributed by atoms with Crippen LogP contribution in [0.4, 0.5) is 14.5 Å². The van der Waals surface area contributed by atoms with E-state index in [0.29, 0.717) is 12.3 Å². The fraction of sp³-hybridized carbons (Fsp3) is 0.455. The van der Waals surface area contributed by atoms with Crippen molar-refractivity contribution in [3.8, 4) is 5.75 Å². The second-order valence-electron chi connectivity index (χ2n) is 4.27. The summed E-state index contributed by atoms with van der Waals surface area (Å²) in [6, 6.07) is 4.44. The van der Waals surface area contributed by atoms with Crippen LogP contribution in [0.3, 0.4) is 0 Å². The summed E-state index contributed by atoms with van der Waals surface area (Å²) in [5.41, 5.74) is 0.417. The van der Waals surface area contributed by atoms with Gasteiger partial charge in [0.15, 0.2) is 0 Å². The number of benzene rings is 1. The molecule has 0 aromatic heterocycles. The van der Waals surface area contributed by atoms with Crippen LogP contribution in [-0.4, -0.2) is 12.1 Å². The minimum Gasteiger partial charge on any atom is -0.484 e. The van der Waals surface area contributed by atoms with Gasteiger partial charge < -0.3 is 10.1 Å². The van der Waals surface area contributed by atoms with Crippen molar-refractivity contribution >= 4 is 5.69 Å². The molecule has 0 bridgehead atoms. The van der Waals surface area contributed by atoms with E-state index in [-0.39, 0.29) is 11.2 Å². The van der Waals surface area contributed by atoms with E-state index in [4.69, 9.17) is 4.74 Å². The summed E-state index contributed by atoms with van der Waals surface area (Å²) in [6.45, 7) is 4.50. The van der Waals surface area contributed by atoms with E-state index in [1.54, 1.807) is 6.07 Å². The lowest BCUT2D eigenvalue weighted by atomic mass is 10.1. The number of fused-ring (bicyclic) bond motifs is 1. The Morgan fingerprint density at radius 2 is 2.13 bits per heavy atom. The summed E-state index contributed by atoms with van der Waals surface area (Å²) in [6.07, 6.45) is -2.45. The van der Waals surface area contributed by atoms with Crippen LogP contribution in [0.5, 0.6) is 5.75 Å². The monoisotopic (exact) mass is 213 g/mol. The number of hydrogen-bond acceptors (Lipinski definition) is 2. The van der Waals surface area contributed by atoms with E-state index in [0.717, 1.165) is 5.69 Å². The van der Waals surface area contributed by atoms with Crippen molar-refractivity contribution < 1.29 is 13.5 Å². The molecule has 1 aromatic carbocycles. The maximum atomic E-state index is 12.5. The van der Waals surface area contributed by atoms with Gasteiger partial charge in [-0.15, -0.1) is 0 Å². The number of rotatable bonds is 1. The predicted octanol–water partition coefficient (Wildman–Crippen LogP) is 3.21. The zero-order valence-electron chi connectivity index (χ0n) is 8.68. The van der Waals surface area contributed by atoms with Crippen LogP contribution in [0.2, 0.25) is 0 Å². The van der Waals surface area contributed by atoms with Gasteiger partial charge in [0.25, 0.3) is 6.43 Å². The molecule has 15 heavy (non-hydrogen) atoms. The molecule has 1 heterocycles. The zero-order chi connectivity index (χ0) is 11.1. The number of hydrogen-bond donors (Lipinski definition) is 1. The van der Waals surface area contributed by atoms with Crippen molar-refractivity contribution in [3.63, 3.8) is 0 Å². The van der Waals surface area contributed by atoms with Gasteiger partial charge in [0.05, 0.1) is 12.2 Å². The highest BCUT2D eigenvalue weighted by molar-refractivity contribution is 5.59. The van der Waals surface area contributed by atoms with Gasteiger partial charge in [0, 0.05) is 5.56 Å². The average Bonchev–Trinajstić information content (AvgIpc) is 2.15. The Morgan fingerprint density at radius 1 is 1.40 bits per heavy atom. The van der Waals surface area contributed by atoms with Gasteiger partial charge in [-0.05, 0) is 26.0 Å². The van der Waals surface area contributed by atoms with Crippen LogP contribution in [0, 0.1) is 0 Å². The van der Waals surface area contributed by atoms with E-state index in [2.05, 4.69) is 5.32 Å². The Balaban J connectivity index is 2.35. The Labute approximate surface area is 87.2 Å². The van der Waals surface area contributed by atoms with Crippen molar-refractivity contribution in [1.82, 2.24) is 0 Å². The molecule has 0 saturated carbocycles. The average molecular weight is 213 g/mol. The largest absolute Gasteiger partial charge is 0.484 e. The second-order valence-corrected chi connectivity index (χ2v) is 4.27. The summed E-state index contributed by atoms with van der Waals surface area (Å²) < 4.78 is 30.5. The molecule has 0 spiro atoms. The Kier molecular flexibility index (Phi) is 2.29. The van der Waals surface area contributed by atoms with Gasteiger partial charge in [-0.1, -0.05) is 6.07 Å². The molecular formula is C11H13F2NO. The van der Waals surface area contributed by atoms with Gasteiger partial charge in [-0.25, -0.2) is 8.78 Å². The lowest BCUT2D eigenvalue weighted by molar-refractivity contribution is 0.114. The molecule has 0 fully saturated rings. The molecule has 0 amide bonds. The molecular weight excluding hydrogens is 200 g/mol. The molecule has 82 valence electrons. The lowest BCUT2D eigenvalue weighted by Crippen LogP contribution is -2.40. The van der Waals surface area contributed by atoms with E-state index in [9.17, 15) is 8.78 Å². The first-order valence-electron chi connectivity index (χ1n) is 4.83. The summed E-state index contributed by atoms with van der Waals surface area (Å²) in [5.74, 6) is 0.504. The topological polar surface area (TPSA) is 21.3 Å². The maximum Gasteiger partial charge on any atom is 0.263 e. The Bertz CT molecular complexity index is 377. The normalized spacial score (nSPS) is 17.9. The standard InChI is InChI=1S/C11H13F2NO/c1-11(2)6-14-8-4-3-7(10(12)13)5-9(8)15-11/h3-5,10,14H,6H2,1-2H3. The summed E-state index contributed by atoms with van der Waals surface area (Å²) >= 11 is 0. The smallest absolute Gasteiger partial charge is 0.263 e. The predicted molar refractivity (Wildman–Crippen MR) is 54.6 cm³/mol. The molecule has 1 aliphatic rings. The van der Waals surface area contributed by atoms with Gasteiger partial charge >= 0.3 is 0 Å². The van der Waals surface area contributed by atoms with Crippen molar-refractivity contribution in [2.75, 3.05) is 11.9 Å². The van der Waals surface area contributed by atoms with Crippen molar-refractivity contribution in [3.05, 3.63) is 23.8 Å². The highest BCUT2D eigenvalue weighted by atomic mass is 19.3. The third kappa shape index (κ3) is 2.03. The first-order valence-corrected chi connectivity index (χ1v) is 4.83. The molecule has 1 aliphatic heterocycles. The maximum absolute atomic E-state index is 12.5. The number of ether oxygens (including phenoxy) is 1. The fourth-order valence-corrected chi connectivity index (χ4v) is 1.55. The Hall–Kier alpha value is -1.32. The van der Waals surface area contributed by atoms with Gasteiger partial charge in [0.1, 0.15) is 11.4 Å².